The Labute approximate surface area is 209 Å². The molecule has 3 heterocycles. The van der Waals surface area contributed by atoms with Crippen molar-refractivity contribution in [2.24, 2.45) is 0 Å². The maximum atomic E-state index is 12.7. The summed E-state index contributed by atoms with van der Waals surface area (Å²) >= 11 is 1.71. The summed E-state index contributed by atoms with van der Waals surface area (Å²) in [5.74, 6) is 1.85. The minimum atomic E-state index is 0.0302. The Morgan fingerprint density at radius 2 is 1.74 bits per heavy atom. The molecule has 35 heavy (non-hydrogen) atoms. The molecule has 1 amide bonds. The van der Waals surface area contributed by atoms with E-state index in [2.05, 4.69) is 43.3 Å². The summed E-state index contributed by atoms with van der Waals surface area (Å²) in [4.78, 5) is 27.5. The number of carbonyl (C=O) groups excluding carboxylic acids is 1. The van der Waals surface area contributed by atoms with Crippen LogP contribution in [0.15, 0.2) is 54.9 Å². The highest BCUT2D eigenvalue weighted by molar-refractivity contribution is 7.22. The van der Waals surface area contributed by atoms with Gasteiger partial charge in [0.05, 0.1) is 23.9 Å². The third kappa shape index (κ3) is 4.99. The van der Waals surface area contributed by atoms with Crippen LogP contribution < -0.4 is 15.0 Å². The number of para-hydroxylation sites is 1. The summed E-state index contributed by atoms with van der Waals surface area (Å²) in [6.07, 6.45) is 1.65. The summed E-state index contributed by atoms with van der Waals surface area (Å²) in [5.41, 5.74) is 5.19. The van der Waals surface area contributed by atoms with Crippen molar-refractivity contribution in [1.29, 1.82) is 0 Å². The fraction of sp³-hybridized carbons (Fsp3) is 0.296. The van der Waals surface area contributed by atoms with Crippen molar-refractivity contribution in [2.45, 2.75) is 13.8 Å². The van der Waals surface area contributed by atoms with E-state index in [0.717, 1.165) is 75.2 Å². The normalized spacial score (nSPS) is 14.3. The largest absolute Gasteiger partial charge is 0.497 e. The minimum Gasteiger partial charge on any atom is -0.497 e. The number of benzene rings is 2. The van der Waals surface area contributed by atoms with Gasteiger partial charge in [0.25, 0.3) is 0 Å². The molecule has 4 aromatic rings. The molecular formula is C27H29N5O2S. The Kier molecular flexibility index (Phi) is 6.66. The highest BCUT2D eigenvalue weighted by Gasteiger charge is 2.23. The molecule has 1 N–H and O–H groups in total. The zero-order valence-electron chi connectivity index (χ0n) is 20.2. The molecule has 1 saturated heterocycles. The van der Waals surface area contributed by atoms with Crippen LogP contribution in [0.5, 0.6) is 5.75 Å². The van der Waals surface area contributed by atoms with Gasteiger partial charge in [-0.25, -0.2) is 9.97 Å². The first kappa shape index (κ1) is 23.3. The lowest BCUT2D eigenvalue weighted by molar-refractivity contribution is -0.117. The van der Waals surface area contributed by atoms with Crippen molar-refractivity contribution < 1.29 is 9.53 Å². The molecule has 0 atom stereocenters. The molecule has 0 aliphatic carbocycles. The van der Waals surface area contributed by atoms with E-state index in [1.54, 1.807) is 24.8 Å². The number of ether oxygens (including phenoxy) is 1. The Hall–Kier alpha value is -3.49. The Morgan fingerprint density at radius 1 is 1.03 bits per heavy atom. The summed E-state index contributed by atoms with van der Waals surface area (Å²) in [6, 6.07) is 16.3. The van der Waals surface area contributed by atoms with Crippen LogP contribution in [0.1, 0.15) is 11.1 Å². The number of hydrogen-bond donors (Lipinski definition) is 1. The molecular weight excluding hydrogens is 458 g/mol. The molecule has 2 aromatic carbocycles. The first-order valence-electron chi connectivity index (χ1n) is 11.7. The van der Waals surface area contributed by atoms with E-state index in [9.17, 15) is 4.79 Å². The number of hydrogen-bond acceptors (Lipinski definition) is 7. The summed E-state index contributed by atoms with van der Waals surface area (Å²) in [5, 5.41) is 3.10. The van der Waals surface area contributed by atoms with E-state index < -0.39 is 0 Å². The van der Waals surface area contributed by atoms with Gasteiger partial charge in [-0.15, -0.1) is 11.3 Å². The van der Waals surface area contributed by atoms with Gasteiger partial charge < -0.3 is 15.0 Å². The van der Waals surface area contributed by atoms with Gasteiger partial charge in [0.1, 0.15) is 17.9 Å². The number of nitrogens with zero attached hydrogens (tertiary/aromatic N) is 4. The van der Waals surface area contributed by atoms with Gasteiger partial charge in [0.2, 0.25) is 5.91 Å². The molecule has 8 heteroatoms. The predicted molar refractivity (Wildman–Crippen MR) is 143 cm³/mol. The van der Waals surface area contributed by atoms with Crippen molar-refractivity contribution in [1.82, 2.24) is 14.9 Å². The number of rotatable bonds is 6. The van der Waals surface area contributed by atoms with E-state index >= 15 is 0 Å². The zero-order chi connectivity index (χ0) is 24.4. The van der Waals surface area contributed by atoms with E-state index in [0.29, 0.717) is 6.54 Å². The number of amides is 1. The molecule has 1 aliphatic rings. The molecule has 0 saturated carbocycles. The average molecular weight is 488 g/mol. The molecule has 0 bridgehead atoms. The lowest BCUT2D eigenvalue weighted by Gasteiger charge is -2.35. The van der Waals surface area contributed by atoms with E-state index in [-0.39, 0.29) is 5.91 Å². The second-order valence-corrected chi connectivity index (χ2v) is 9.88. The fourth-order valence-electron chi connectivity index (χ4n) is 4.48. The second-order valence-electron chi connectivity index (χ2n) is 8.83. The second kappa shape index (κ2) is 10.0. The number of aromatic nitrogens is 2. The summed E-state index contributed by atoms with van der Waals surface area (Å²) in [6.45, 7) is 7.69. The van der Waals surface area contributed by atoms with Crippen molar-refractivity contribution in [2.75, 3.05) is 50.1 Å². The minimum absolute atomic E-state index is 0.0302. The first-order valence-corrected chi connectivity index (χ1v) is 12.6. The third-order valence-corrected chi connectivity index (χ3v) is 7.62. The SMILES string of the molecule is COc1ccc(-c2cc3ncnc(N4CCN(CC(=O)Nc5c(C)cccc5C)CC4)c3s2)cc1. The molecule has 1 aliphatic heterocycles. The summed E-state index contributed by atoms with van der Waals surface area (Å²) < 4.78 is 6.38. The lowest BCUT2D eigenvalue weighted by Crippen LogP contribution is -2.49. The Bertz CT molecular complexity index is 1320. The maximum absolute atomic E-state index is 12.7. The van der Waals surface area contributed by atoms with Gasteiger partial charge in [-0.3, -0.25) is 9.69 Å². The van der Waals surface area contributed by atoms with Crippen LogP contribution in [0.2, 0.25) is 0 Å². The lowest BCUT2D eigenvalue weighted by atomic mass is 10.1. The van der Waals surface area contributed by atoms with Crippen LogP contribution in [0.3, 0.4) is 0 Å². The van der Waals surface area contributed by atoms with Gasteiger partial charge in [-0.05, 0) is 60.9 Å². The number of aryl methyl sites for hydroxylation is 2. The van der Waals surface area contributed by atoms with Crippen LogP contribution in [-0.2, 0) is 4.79 Å². The number of thiophene rings is 1. The average Bonchev–Trinajstić information content (AvgIpc) is 3.31. The number of anilines is 2. The number of methoxy groups -OCH3 is 1. The van der Waals surface area contributed by atoms with Crippen LogP contribution in [0.25, 0.3) is 20.7 Å². The van der Waals surface area contributed by atoms with Crippen molar-refractivity contribution in [3.8, 4) is 16.2 Å². The van der Waals surface area contributed by atoms with Crippen molar-refractivity contribution >= 4 is 39.0 Å². The summed E-state index contributed by atoms with van der Waals surface area (Å²) in [7, 11) is 1.67. The van der Waals surface area contributed by atoms with Crippen LogP contribution in [-0.4, -0.2) is 60.6 Å². The van der Waals surface area contributed by atoms with Gasteiger partial charge in [-0.2, -0.15) is 0 Å². The molecule has 0 radical (unpaired) electrons. The molecule has 0 unspecified atom stereocenters. The van der Waals surface area contributed by atoms with E-state index in [1.165, 1.54) is 0 Å². The van der Waals surface area contributed by atoms with E-state index in [1.807, 2.05) is 44.2 Å². The monoisotopic (exact) mass is 487 g/mol. The topological polar surface area (TPSA) is 70.6 Å². The smallest absolute Gasteiger partial charge is 0.238 e. The highest BCUT2D eigenvalue weighted by Crippen LogP contribution is 2.37. The third-order valence-electron chi connectivity index (χ3n) is 6.45. The number of fused-ring (bicyclic) bond motifs is 1. The fourth-order valence-corrected chi connectivity index (χ4v) is 5.61. The number of nitrogens with one attached hydrogen (secondary N) is 1. The standard InChI is InChI=1S/C27H29N5O2S/c1-18-5-4-6-19(2)25(18)30-24(33)16-31-11-13-32(14-12-31)27-26-22(28-17-29-27)15-23(35-26)20-7-9-21(34-3)10-8-20/h4-10,15,17H,11-14,16H2,1-3H3,(H,30,33). The molecule has 0 spiro atoms. The highest BCUT2D eigenvalue weighted by atomic mass is 32.1. The molecule has 5 rings (SSSR count). The predicted octanol–water partition coefficient (Wildman–Crippen LogP) is 4.74. The molecule has 1 fully saturated rings. The van der Waals surface area contributed by atoms with E-state index in [4.69, 9.17) is 4.74 Å². The maximum Gasteiger partial charge on any atom is 0.238 e. The van der Waals surface area contributed by atoms with Gasteiger partial charge >= 0.3 is 0 Å². The van der Waals surface area contributed by atoms with Gasteiger partial charge in [0.15, 0.2) is 0 Å². The molecule has 180 valence electrons. The van der Waals surface area contributed by atoms with Crippen molar-refractivity contribution in [3.63, 3.8) is 0 Å². The Morgan fingerprint density at radius 3 is 2.43 bits per heavy atom. The number of carbonyl (C=O) groups is 1. The van der Waals surface area contributed by atoms with Crippen LogP contribution in [0, 0.1) is 13.8 Å². The first-order chi connectivity index (χ1) is 17.0. The zero-order valence-corrected chi connectivity index (χ0v) is 21.1. The van der Waals surface area contributed by atoms with Crippen molar-refractivity contribution in [3.05, 3.63) is 66.0 Å². The van der Waals surface area contributed by atoms with Crippen LogP contribution >= 0.6 is 11.3 Å². The quantitative estimate of drug-likeness (QED) is 0.424. The van der Waals surface area contributed by atoms with Gasteiger partial charge in [0, 0.05) is 36.7 Å². The molecule has 2 aromatic heterocycles. The van der Waals surface area contributed by atoms with Gasteiger partial charge in [-0.1, -0.05) is 18.2 Å². The van der Waals surface area contributed by atoms with Crippen LogP contribution in [0.4, 0.5) is 11.5 Å². The molecule has 7 nitrogen and oxygen atoms in total. The Balaban J connectivity index is 1.25. The number of piperazine rings is 1.